The molecule has 2 rings (SSSR count). The number of rotatable bonds is 2. The number of fused-ring (bicyclic) bond motifs is 1. The molecule has 2 fully saturated rings. The number of hydrogen-bond acceptors (Lipinski definition) is 1. The van der Waals surface area contributed by atoms with Crippen LogP contribution in [0.4, 0.5) is 0 Å². The van der Waals surface area contributed by atoms with E-state index in [4.69, 9.17) is 0 Å². The standard InChI is InChI=1S/C15H25N/c1-3-4-12-5-6-14-10-15(2,11-16)8-7-13(14)9-12/h12-14H,3-10H2,1-2H3/t12-,13-,14?,15-/m0/s1. The van der Waals surface area contributed by atoms with Crippen LogP contribution in [0.5, 0.6) is 0 Å². The van der Waals surface area contributed by atoms with Crippen molar-refractivity contribution in [2.45, 2.75) is 65.2 Å². The Kier molecular flexibility index (Phi) is 3.57. The van der Waals surface area contributed by atoms with Crippen molar-refractivity contribution in [1.29, 1.82) is 5.26 Å². The van der Waals surface area contributed by atoms with Crippen LogP contribution in [-0.4, -0.2) is 0 Å². The van der Waals surface area contributed by atoms with Crippen LogP contribution in [0, 0.1) is 34.5 Å². The minimum absolute atomic E-state index is 0.00123. The maximum absolute atomic E-state index is 9.23. The predicted octanol–water partition coefficient (Wildman–Crippen LogP) is 4.53. The van der Waals surface area contributed by atoms with E-state index in [0.29, 0.717) is 0 Å². The molecule has 0 bridgehead atoms. The molecule has 0 aliphatic heterocycles. The van der Waals surface area contributed by atoms with E-state index in [1.165, 1.54) is 44.9 Å². The Morgan fingerprint density at radius 3 is 2.75 bits per heavy atom. The van der Waals surface area contributed by atoms with Gasteiger partial charge in [0.25, 0.3) is 0 Å². The first kappa shape index (κ1) is 12.0. The highest BCUT2D eigenvalue weighted by Gasteiger charge is 2.40. The molecule has 90 valence electrons. The van der Waals surface area contributed by atoms with Crippen LogP contribution in [0.15, 0.2) is 0 Å². The monoisotopic (exact) mass is 219 g/mol. The third kappa shape index (κ3) is 2.42. The maximum atomic E-state index is 9.23. The molecule has 0 heterocycles. The van der Waals surface area contributed by atoms with Gasteiger partial charge in [0.1, 0.15) is 0 Å². The van der Waals surface area contributed by atoms with Gasteiger partial charge in [-0.05, 0) is 56.8 Å². The fourth-order valence-corrected chi connectivity index (χ4v) is 4.00. The van der Waals surface area contributed by atoms with Crippen molar-refractivity contribution in [3.8, 4) is 6.07 Å². The van der Waals surface area contributed by atoms with E-state index in [9.17, 15) is 5.26 Å². The van der Waals surface area contributed by atoms with Gasteiger partial charge >= 0.3 is 0 Å². The Hall–Kier alpha value is -0.510. The highest BCUT2D eigenvalue weighted by molar-refractivity contribution is 5.01. The molecular weight excluding hydrogens is 194 g/mol. The smallest absolute Gasteiger partial charge is 0.0686 e. The van der Waals surface area contributed by atoms with Crippen molar-refractivity contribution in [1.82, 2.24) is 0 Å². The second-order valence-electron chi connectivity index (χ2n) is 6.40. The molecular formula is C15H25N. The van der Waals surface area contributed by atoms with Crippen molar-refractivity contribution >= 4 is 0 Å². The molecule has 0 saturated heterocycles. The number of nitriles is 1. The fourth-order valence-electron chi connectivity index (χ4n) is 4.00. The highest BCUT2D eigenvalue weighted by Crippen LogP contribution is 2.49. The lowest BCUT2D eigenvalue weighted by Gasteiger charge is -2.44. The third-order valence-corrected chi connectivity index (χ3v) is 4.99. The Balaban J connectivity index is 1.93. The molecule has 0 amide bonds. The molecule has 0 radical (unpaired) electrons. The summed E-state index contributed by atoms with van der Waals surface area (Å²) >= 11 is 0. The molecule has 1 unspecified atom stereocenters. The summed E-state index contributed by atoms with van der Waals surface area (Å²) < 4.78 is 0. The molecule has 4 atom stereocenters. The average molecular weight is 219 g/mol. The van der Waals surface area contributed by atoms with E-state index in [1.54, 1.807) is 0 Å². The number of hydrogen-bond donors (Lipinski definition) is 0. The maximum Gasteiger partial charge on any atom is 0.0686 e. The Bertz CT molecular complexity index is 278. The summed E-state index contributed by atoms with van der Waals surface area (Å²) in [5, 5.41) is 9.23. The first-order valence-electron chi connectivity index (χ1n) is 7.08. The van der Waals surface area contributed by atoms with Crippen LogP contribution in [0.1, 0.15) is 65.2 Å². The molecule has 16 heavy (non-hydrogen) atoms. The minimum atomic E-state index is -0.00123. The van der Waals surface area contributed by atoms with Crippen LogP contribution < -0.4 is 0 Å². The third-order valence-electron chi connectivity index (χ3n) is 4.99. The Morgan fingerprint density at radius 1 is 1.25 bits per heavy atom. The molecule has 0 N–H and O–H groups in total. The zero-order chi connectivity index (χ0) is 11.6. The molecule has 0 spiro atoms. The van der Waals surface area contributed by atoms with E-state index in [-0.39, 0.29) is 5.41 Å². The second-order valence-corrected chi connectivity index (χ2v) is 6.40. The van der Waals surface area contributed by atoms with Crippen LogP contribution in [0.25, 0.3) is 0 Å². The lowest BCUT2D eigenvalue weighted by atomic mass is 9.60. The largest absolute Gasteiger partial charge is 0.198 e. The zero-order valence-corrected chi connectivity index (χ0v) is 10.8. The summed E-state index contributed by atoms with van der Waals surface area (Å²) in [5.41, 5.74) is -0.00123. The molecule has 2 aliphatic carbocycles. The van der Waals surface area contributed by atoms with Gasteiger partial charge < -0.3 is 0 Å². The minimum Gasteiger partial charge on any atom is -0.198 e. The molecule has 0 aromatic rings. The lowest BCUT2D eigenvalue weighted by Crippen LogP contribution is -2.35. The summed E-state index contributed by atoms with van der Waals surface area (Å²) in [7, 11) is 0. The predicted molar refractivity (Wildman–Crippen MR) is 66.8 cm³/mol. The Labute approximate surface area is 100 Å². The molecule has 2 saturated carbocycles. The highest BCUT2D eigenvalue weighted by atomic mass is 14.5. The number of nitrogens with zero attached hydrogens (tertiary/aromatic N) is 1. The molecule has 1 heteroatoms. The van der Waals surface area contributed by atoms with Crippen molar-refractivity contribution in [2.75, 3.05) is 0 Å². The van der Waals surface area contributed by atoms with Crippen molar-refractivity contribution in [3.63, 3.8) is 0 Å². The summed E-state index contributed by atoms with van der Waals surface area (Å²) in [5.74, 6) is 2.82. The molecule has 0 aromatic carbocycles. The van der Waals surface area contributed by atoms with E-state index < -0.39 is 0 Å². The summed E-state index contributed by atoms with van der Waals surface area (Å²) in [6.45, 7) is 4.47. The van der Waals surface area contributed by atoms with Crippen molar-refractivity contribution in [3.05, 3.63) is 0 Å². The zero-order valence-electron chi connectivity index (χ0n) is 10.8. The Morgan fingerprint density at radius 2 is 2.06 bits per heavy atom. The van der Waals surface area contributed by atoms with Gasteiger partial charge in [0.05, 0.1) is 11.5 Å². The van der Waals surface area contributed by atoms with Gasteiger partial charge in [0.15, 0.2) is 0 Å². The quantitative estimate of drug-likeness (QED) is 0.669. The lowest BCUT2D eigenvalue weighted by molar-refractivity contribution is 0.0755. The van der Waals surface area contributed by atoms with Gasteiger partial charge in [-0.1, -0.05) is 26.2 Å². The topological polar surface area (TPSA) is 23.8 Å². The van der Waals surface area contributed by atoms with Crippen molar-refractivity contribution < 1.29 is 0 Å². The van der Waals surface area contributed by atoms with E-state index in [0.717, 1.165) is 24.2 Å². The SMILES string of the molecule is CCC[C@H]1CCC2C[C@@](C)(C#N)CC[C@H]2C1. The molecule has 2 aliphatic rings. The van der Waals surface area contributed by atoms with E-state index >= 15 is 0 Å². The summed E-state index contributed by atoms with van der Waals surface area (Å²) in [6.07, 6.45) is 10.7. The second kappa shape index (κ2) is 4.78. The van der Waals surface area contributed by atoms with Gasteiger partial charge in [-0.2, -0.15) is 5.26 Å². The molecule has 0 aromatic heterocycles. The summed E-state index contributed by atoms with van der Waals surface area (Å²) in [6, 6.07) is 2.55. The molecule has 1 nitrogen and oxygen atoms in total. The first-order valence-corrected chi connectivity index (χ1v) is 7.08. The van der Waals surface area contributed by atoms with Crippen LogP contribution in [-0.2, 0) is 0 Å². The van der Waals surface area contributed by atoms with Gasteiger partial charge in [-0.25, -0.2) is 0 Å². The van der Waals surface area contributed by atoms with E-state index in [2.05, 4.69) is 19.9 Å². The first-order chi connectivity index (χ1) is 7.67. The average Bonchev–Trinajstić information content (AvgIpc) is 2.30. The van der Waals surface area contributed by atoms with Gasteiger partial charge in [-0.15, -0.1) is 0 Å². The normalized spacial score (nSPS) is 43.4. The van der Waals surface area contributed by atoms with Gasteiger partial charge in [-0.3, -0.25) is 0 Å². The van der Waals surface area contributed by atoms with E-state index in [1.807, 2.05) is 0 Å². The summed E-state index contributed by atoms with van der Waals surface area (Å²) in [4.78, 5) is 0. The fraction of sp³-hybridized carbons (Fsp3) is 0.933. The van der Waals surface area contributed by atoms with Crippen LogP contribution in [0.3, 0.4) is 0 Å². The van der Waals surface area contributed by atoms with Gasteiger partial charge in [0.2, 0.25) is 0 Å². The van der Waals surface area contributed by atoms with Crippen LogP contribution in [0.2, 0.25) is 0 Å². The van der Waals surface area contributed by atoms with Crippen LogP contribution >= 0.6 is 0 Å². The van der Waals surface area contributed by atoms with Gasteiger partial charge in [0, 0.05) is 0 Å². The van der Waals surface area contributed by atoms with Crippen molar-refractivity contribution in [2.24, 2.45) is 23.2 Å².